The average molecular weight is 277 g/mol. The Morgan fingerprint density at radius 2 is 1.80 bits per heavy atom. The highest BCUT2D eigenvalue weighted by atomic mass is 16.4. The summed E-state index contributed by atoms with van der Waals surface area (Å²) in [5.41, 5.74) is 2.60. The van der Waals surface area contributed by atoms with Crippen LogP contribution in [0.4, 0.5) is 0 Å². The Labute approximate surface area is 122 Å². The predicted octanol–water partition coefficient (Wildman–Crippen LogP) is 3.91. The number of carboxylic acids is 1. The first-order chi connectivity index (χ1) is 8.86. The van der Waals surface area contributed by atoms with Crippen LogP contribution in [0.25, 0.3) is 0 Å². The first kappa shape index (κ1) is 16.7. The van der Waals surface area contributed by atoms with E-state index in [1.165, 1.54) is 12.8 Å². The number of nitrogens with zero attached hydrogens (tertiary/aromatic N) is 1. The van der Waals surface area contributed by atoms with Crippen molar-refractivity contribution in [2.24, 2.45) is 0 Å². The van der Waals surface area contributed by atoms with Crippen LogP contribution in [0, 0.1) is 0 Å². The molecule has 0 unspecified atom stereocenters. The number of hydrogen-bond donors (Lipinski definition) is 1. The van der Waals surface area contributed by atoms with Crippen LogP contribution in [-0.2, 0) is 12.0 Å². The highest BCUT2D eigenvalue weighted by Gasteiger charge is 2.19. The minimum Gasteiger partial charge on any atom is -0.478 e. The van der Waals surface area contributed by atoms with Crippen molar-refractivity contribution in [3.8, 4) is 0 Å². The molecule has 1 N–H and O–H groups in total. The summed E-state index contributed by atoms with van der Waals surface area (Å²) in [7, 11) is 0. The maximum Gasteiger partial charge on any atom is 0.335 e. The highest BCUT2D eigenvalue weighted by Crippen LogP contribution is 2.25. The molecule has 0 aromatic heterocycles. The molecule has 0 aliphatic carbocycles. The van der Waals surface area contributed by atoms with Crippen LogP contribution in [0.15, 0.2) is 18.2 Å². The number of hydrogen-bond acceptors (Lipinski definition) is 2. The molecule has 3 heteroatoms. The number of benzene rings is 1. The van der Waals surface area contributed by atoms with Crippen molar-refractivity contribution >= 4 is 5.97 Å². The SMILES string of the molecule is C.CC(C)(C)c1cc(CN2CCCC2)cc(C(=O)O)c1. The lowest BCUT2D eigenvalue weighted by atomic mass is 9.85. The smallest absolute Gasteiger partial charge is 0.335 e. The Balaban J connectivity index is 0.00000200. The van der Waals surface area contributed by atoms with Crippen LogP contribution in [0.3, 0.4) is 0 Å². The van der Waals surface area contributed by atoms with E-state index >= 15 is 0 Å². The summed E-state index contributed by atoms with van der Waals surface area (Å²) in [6.45, 7) is 9.48. The van der Waals surface area contributed by atoms with Gasteiger partial charge in [-0.15, -0.1) is 0 Å². The van der Waals surface area contributed by atoms with Crippen molar-refractivity contribution in [2.75, 3.05) is 13.1 Å². The summed E-state index contributed by atoms with van der Waals surface area (Å²) < 4.78 is 0. The zero-order chi connectivity index (χ0) is 14.0. The van der Waals surface area contributed by atoms with Gasteiger partial charge in [0.1, 0.15) is 0 Å². The van der Waals surface area contributed by atoms with Gasteiger partial charge in [0.2, 0.25) is 0 Å². The third kappa shape index (κ3) is 4.07. The molecule has 1 fully saturated rings. The van der Waals surface area contributed by atoms with E-state index in [1.54, 1.807) is 6.07 Å². The van der Waals surface area contributed by atoms with Crippen molar-refractivity contribution in [1.82, 2.24) is 4.90 Å². The van der Waals surface area contributed by atoms with Crippen LogP contribution in [0.1, 0.15) is 62.5 Å². The van der Waals surface area contributed by atoms with E-state index in [2.05, 4.69) is 31.7 Å². The molecule has 1 heterocycles. The molecule has 0 atom stereocenters. The Bertz CT molecular complexity index is 468. The predicted molar refractivity (Wildman–Crippen MR) is 83.3 cm³/mol. The summed E-state index contributed by atoms with van der Waals surface area (Å²) in [6, 6.07) is 5.77. The van der Waals surface area contributed by atoms with Crippen LogP contribution >= 0.6 is 0 Å². The molecule has 1 aliphatic heterocycles. The normalized spacial score (nSPS) is 15.9. The van der Waals surface area contributed by atoms with Crippen LogP contribution in [-0.4, -0.2) is 29.1 Å². The van der Waals surface area contributed by atoms with Gasteiger partial charge in [0.25, 0.3) is 0 Å². The quantitative estimate of drug-likeness (QED) is 0.910. The van der Waals surface area contributed by atoms with E-state index in [0.717, 1.165) is 30.8 Å². The molecule has 1 aliphatic rings. The summed E-state index contributed by atoms with van der Waals surface area (Å²) in [6.07, 6.45) is 2.51. The molecule has 1 aromatic rings. The van der Waals surface area contributed by atoms with E-state index in [4.69, 9.17) is 0 Å². The summed E-state index contributed by atoms with van der Waals surface area (Å²) >= 11 is 0. The lowest BCUT2D eigenvalue weighted by Crippen LogP contribution is -2.20. The van der Waals surface area contributed by atoms with Crippen molar-refractivity contribution in [1.29, 1.82) is 0 Å². The monoisotopic (exact) mass is 277 g/mol. The Morgan fingerprint density at radius 1 is 1.20 bits per heavy atom. The third-order valence-electron chi connectivity index (χ3n) is 3.71. The van der Waals surface area contributed by atoms with Crippen molar-refractivity contribution in [3.05, 3.63) is 34.9 Å². The molecule has 1 aromatic carbocycles. The maximum atomic E-state index is 11.3. The molecular formula is C17H27NO2. The average Bonchev–Trinajstić information content (AvgIpc) is 2.80. The van der Waals surface area contributed by atoms with Gasteiger partial charge in [-0.25, -0.2) is 4.79 Å². The second-order valence-electron chi connectivity index (χ2n) is 6.46. The first-order valence-electron chi connectivity index (χ1n) is 6.96. The molecule has 0 radical (unpaired) electrons. The fourth-order valence-electron chi connectivity index (χ4n) is 2.54. The minimum atomic E-state index is -0.839. The summed E-state index contributed by atoms with van der Waals surface area (Å²) in [4.78, 5) is 13.7. The fourth-order valence-corrected chi connectivity index (χ4v) is 2.54. The van der Waals surface area contributed by atoms with E-state index in [-0.39, 0.29) is 12.8 Å². The van der Waals surface area contributed by atoms with Crippen LogP contribution in [0.5, 0.6) is 0 Å². The van der Waals surface area contributed by atoms with Gasteiger partial charge in [0, 0.05) is 6.54 Å². The first-order valence-corrected chi connectivity index (χ1v) is 6.96. The zero-order valence-corrected chi connectivity index (χ0v) is 12.1. The third-order valence-corrected chi connectivity index (χ3v) is 3.71. The Morgan fingerprint density at radius 3 is 2.30 bits per heavy atom. The lowest BCUT2D eigenvalue weighted by Gasteiger charge is -2.22. The molecule has 112 valence electrons. The number of rotatable bonds is 3. The van der Waals surface area contributed by atoms with Gasteiger partial charge >= 0.3 is 5.97 Å². The van der Waals surface area contributed by atoms with Gasteiger partial charge in [0.05, 0.1) is 5.56 Å². The molecule has 3 nitrogen and oxygen atoms in total. The van der Waals surface area contributed by atoms with Crippen LogP contribution in [0.2, 0.25) is 0 Å². The van der Waals surface area contributed by atoms with Crippen molar-refractivity contribution in [2.45, 2.75) is 53.0 Å². The molecule has 0 spiro atoms. The van der Waals surface area contributed by atoms with E-state index in [1.807, 2.05) is 6.07 Å². The lowest BCUT2D eigenvalue weighted by molar-refractivity contribution is 0.0696. The molecule has 0 bridgehead atoms. The van der Waals surface area contributed by atoms with E-state index in [0.29, 0.717) is 5.56 Å². The van der Waals surface area contributed by atoms with E-state index < -0.39 is 5.97 Å². The molecule has 0 saturated carbocycles. The van der Waals surface area contributed by atoms with Gasteiger partial charge in [-0.1, -0.05) is 34.3 Å². The van der Waals surface area contributed by atoms with Crippen molar-refractivity contribution < 1.29 is 9.90 Å². The molecule has 1 saturated heterocycles. The second-order valence-corrected chi connectivity index (χ2v) is 6.46. The second kappa shape index (κ2) is 6.40. The number of likely N-dealkylation sites (tertiary alicyclic amines) is 1. The largest absolute Gasteiger partial charge is 0.478 e. The topological polar surface area (TPSA) is 40.5 Å². The van der Waals surface area contributed by atoms with Gasteiger partial charge in [-0.3, -0.25) is 4.90 Å². The molecular weight excluding hydrogens is 250 g/mol. The number of aromatic carboxylic acids is 1. The van der Waals surface area contributed by atoms with Gasteiger partial charge in [-0.2, -0.15) is 0 Å². The van der Waals surface area contributed by atoms with Gasteiger partial charge in [0.15, 0.2) is 0 Å². The zero-order valence-electron chi connectivity index (χ0n) is 12.1. The van der Waals surface area contributed by atoms with E-state index in [9.17, 15) is 9.90 Å². The molecule has 2 rings (SSSR count). The van der Waals surface area contributed by atoms with Crippen LogP contribution < -0.4 is 0 Å². The number of carboxylic acid groups (broad SMARTS) is 1. The van der Waals surface area contributed by atoms with Gasteiger partial charge < -0.3 is 5.11 Å². The Kier molecular flexibility index (Phi) is 5.35. The standard InChI is InChI=1S/C16H23NO2.CH4/c1-16(2,3)14-9-12(8-13(10-14)15(18)19)11-17-6-4-5-7-17;/h8-10H,4-7,11H2,1-3H3,(H,18,19);1H4. The molecule has 0 amide bonds. The molecule has 20 heavy (non-hydrogen) atoms. The van der Waals surface area contributed by atoms with Gasteiger partial charge in [-0.05, 0) is 54.6 Å². The Hall–Kier alpha value is -1.35. The summed E-state index contributed by atoms with van der Waals surface area (Å²) in [5, 5.41) is 9.25. The number of carbonyl (C=O) groups is 1. The minimum absolute atomic E-state index is 0. The highest BCUT2D eigenvalue weighted by molar-refractivity contribution is 5.88. The maximum absolute atomic E-state index is 11.3. The summed E-state index contributed by atoms with van der Waals surface area (Å²) in [5.74, 6) is -0.839. The van der Waals surface area contributed by atoms with Crippen molar-refractivity contribution in [3.63, 3.8) is 0 Å². The fraction of sp³-hybridized carbons (Fsp3) is 0.588.